The first-order valence-corrected chi connectivity index (χ1v) is 5.81. The van der Waals surface area contributed by atoms with Gasteiger partial charge in [0.05, 0.1) is 29.5 Å². The van der Waals surface area contributed by atoms with Crippen molar-refractivity contribution in [2.24, 2.45) is 0 Å². The van der Waals surface area contributed by atoms with E-state index in [0.717, 1.165) is 11.4 Å². The molecular weight excluding hydrogens is 240 g/mol. The van der Waals surface area contributed by atoms with Gasteiger partial charge in [0.15, 0.2) is 5.16 Å². The van der Waals surface area contributed by atoms with Gasteiger partial charge in [0.25, 0.3) is 0 Å². The Morgan fingerprint density at radius 3 is 2.82 bits per heavy atom. The second-order valence-corrected chi connectivity index (χ2v) is 4.26. The molecule has 0 aliphatic carbocycles. The average Bonchev–Trinajstić information content (AvgIpc) is 2.69. The second kappa shape index (κ2) is 4.96. The number of carbonyl (C=O) groups is 1. The lowest BCUT2D eigenvalue weighted by molar-refractivity contribution is -0.133. The molecule has 7 heteroatoms. The highest BCUT2D eigenvalue weighted by atomic mass is 32.2. The molecule has 0 spiro atoms. The van der Waals surface area contributed by atoms with Crippen LogP contribution < -0.4 is 0 Å². The SMILES string of the molecule is Cc1cn(-c2cncnc2)c(SCC(=O)O)n1. The van der Waals surface area contributed by atoms with Crippen LogP contribution in [0.25, 0.3) is 5.69 Å². The van der Waals surface area contributed by atoms with E-state index in [1.807, 2.05) is 13.1 Å². The minimum atomic E-state index is -0.869. The Morgan fingerprint density at radius 1 is 1.47 bits per heavy atom. The van der Waals surface area contributed by atoms with Gasteiger partial charge in [-0.25, -0.2) is 15.0 Å². The van der Waals surface area contributed by atoms with E-state index in [2.05, 4.69) is 15.0 Å². The van der Waals surface area contributed by atoms with Crippen molar-refractivity contribution in [2.45, 2.75) is 12.1 Å². The molecule has 0 bridgehead atoms. The van der Waals surface area contributed by atoms with Crippen molar-refractivity contribution in [3.8, 4) is 5.69 Å². The van der Waals surface area contributed by atoms with Crippen LogP contribution in [-0.2, 0) is 4.79 Å². The molecule has 0 atom stereocenters. The van der Waals surface area contributed by atoms with E-state index in [-0.39, 0.29) is 5.75 Å². The molecule has 0 aliphatic heterocycles. The summed E-state index contributed by atoms with van der Waals surface area (Å²) in [5, 5.41) is 9.29. The number of carboxylic acids is 1. The van der Waals surface area contributed by atoms with E-state index in [0.29, 0.717) is 5.16 Å². The molecule has 0 aromatic carbocycles. The second-order valence-electron chi connectivity index (χ2n) is 3.31. The summed E-state index contributed by atoms with van der Waals surface area (Å²) in [6.07, 6.45) is 6.57. The van der Waals surface area contributed by atoms with Gasteiger partial charge in [0.1, 0.15) is 6.33 Å². The van der Waals surface area contributed by atoms with E-state index in [1.54, 1.807) is 17.0 Å². The van der Waals surface area contributed by atoms with Crippen LogP contribution in [0.4, 0.5) is 0 Å². The van der Waals surface area contributed by atoms with Crippen molar-refractivity contribution in [3.05, 3.63) is 30.6 Å². The Hall–Kier alpha value is -1.89. The molecule has 2 rings (SSSR count). The van der Waals surface area contributed by atoms with Crippen molar-refractivity contribution in [1.29, 1.82) is 0 Å². The number of aryl methyl sites for hydroxylation is 1. The van der Waals surface area contributed by atoms with E-state index in [9.17, 15) is 4.79 Å². The number of hydrogen-bond donors (Lipinski definition) is 1. The zero-order valence-electron chi connectivity index (χ0n) is 9.07. The number of hydrogen-bond acceptors (Lipinski definition) is 5. The summed E-state index contributed by atoms with van der Waals surface area (Å²) >= 11 is 1.17. The molecular formula is C10H10N4O2S. The maximum absolute atomic E-state index is 10.5. The molecule has 0 radical (unpaired) electrons. The quantitative estimate of drug-likeness (QED) is 0.820. The molecule has 2 aromatic rings. The van der Waals surface area contributed by atoms with E-state index >= 15 is 0 Å². The van der Waals surface area contributed by atoms with Gasteiger partial charge < -0.3 is 5.11 Å². The van der Waals surface area contributed by atoms with Crippen LogP contribution in [0.1, 0.15) is 5.69 Å². The van der Waals surface area contributed by atoms with Crippen LogP contribution in [0.3, 0.4) is 0 Å². The Morgan fingerprint density at radius 2 is 2.18 bits per heavy atom. The van der Waals surface area contributed by atoms with Gasteiger partial charge in [0.2, 0.25) is 0 Å². The Balaban J connectivity index is 2.31. The number of aliphatic carboxylic acids is 1. The highest BCUT2D eigenvalue weighted by molar-refractivity contribution is 7.99. The molecule has 0 fully saturated rings. The number of imidazole rings is 1. The predicted octanol–water partition coefficient (Wildman–Crippen LogP) is 1.15. The monoisotopic (exact) mass is 250 g/mol. The summed E-state index contributed by atoms with van der Waals surface area (Å²) in [5.74, 6) is -0.893. The van der Waals surface area contributed by atoms with Gasteiger partial charge in [-0.3, -0.25) is 9.36 Å². The summed E-state index contributed by atoms with van der Waals surface area (Å²) in [7, 11) is 0. The molecule has 0 unspecified atom stereocenters. The standard InChI is InChI=1S/C10H10N4O2S/c1-7-4-14(8-2-11-6-12-3-8)10(13-7)17-5-9(15)16/h2-4,6H,5H2,1H3,(H,15,16). The molecule has 0 amide bonds. The van der Waals surface area contributed by atoms with Crippen molar-refractivity contribution in [1.82, 2.24) is 19.5 Å². The number of aromatic nitrogens is 4. The zero-order valence-corrected chi connectivity index (χ0v) is 9.89. The van der Waals surface area contributed by atoms with Gasteiger partial charge in [-0.15, -0.1) is 0 Å². The molecule has 0 saturated carbocycles. The maximum atomic E-state index is 10.5. The van der Waals surface area contributed by atoms with Crippen molar-refractivity contribution in [3.63, 3.8) is 0 Å². The minimum Gasteiger partial charge on any atom is -0.481 e. The highest BCUT2D eigenvalue weighted by Gasteiger charge is 2.10. The lowest BCUT2D eigenvalue weighted by Gasteiger charge is -2.04. The van der Waals surface area contributed by atoms with Gasteiger partial charge in [0, 0.05) is 6.20 Å². The third-order valence-corrected chi connectivity index (χ3v) is 2.88. The minimum absolute atomic E-state index is 0.0237. The zero-order chi connectivity index (χ0) is 12.3. The number of carboxylic acid groups (broad SMARTS) is 1. The van der Waals surface area contributed by atoms with E-state index in [1.165, 1.54) is 18.1 Å². The summed E-state index contributed by atoms with van der Waals surface area (Å²) in [6, 6.07) is 0. The summed E-state index contributed by atoms with van der Waals surface area (Å²) in [5.41, 5.74) is 1.59. The number of rotatable bonds is 4. The van der Waals surface area contributed by atoms with Gasteiger partial charge in [-0.1, -0.05) is 11.8 Å². The Bertz CT molecular complexity index is 526. The number of thioether (sulfide) groups is 1. The van der Waals surface area contributed by atoms with Crippen molar-refractivity contribution in [2.75, 3.05) is 5.75 Å². The van der Waals surface area contributed by atoms with Gasteiger partial charge >= 0.3 is 5.97 Å². The first-order valence-electron chi connectivity index (χ1n) is 4.83. The largest absolute Gasteiger partial charge is 0.481 e. The third kappa shape index (κ3) is 2.82. The normalized spacial score (nSPS) is 10.4. The molecule has 88 valence electrons. The topological polar surface area (TPSA) is 80.9 Å². The van der Waals surface area contributed by atoms with Gasteiger partial charge in [-0.05, 0) is 6.92 Å². The van der Waals surface area contributed by atoms with Crippen LogP contribution in [0.5, 0.6) is 0 Å². The Kier molecular flexibility index (Phi) is 3.38. The highest BCUT2D eigenvalue weighted by Crippen LogP contribution is 2.20. The first kappa shape index (κ1) is 11.6. The van der Waals surface area contributed by atoms with Crippen molar-refractivity contribution < 1.29 is 9.90 Å². The average molecular weight is 250 g/mol. The predicted molar refractivity (Wildman–Crippen MR) is 62.3 cm³/mol. The fourth-order valence-electron chi connectivity index (χ4n) is 1.30. The third-order valence-electron chi connectivity index (χ3n) is 1.94. The maximum Gasteiger partial charge on any atom is 0.313 e. The summed E-state index contributed by atoms with van der Waals surface area (Å²) in [4.78, 5) is 22.7. The summed E-state index contributed by atoms with van der Waals surface area (Å²) in [6.45, 7) is 1.85. The molecule has 0 saturated heterocycles. The molecule has 1 N–H and O–H groups in total. The van der Waals surface area contributed by atoms with Crippen LogP contribution in [0.2, 0.25) is 0 Å². The molecule has 6 nitrogen and oxygen atoms in total. The van der Waals surface area contributed by atoms with E-state index in [4.69, 9.17) is 5.11 Å². The molecule has 2 aromatic heterocycles. The first-order chi connectivity index (χ1) is 8.16. The lowest BCUT2D eigenvalue weighted by Crippen LogP contribution is -2.01. The molecule has 0 aliphatic rings. The van der Waals surface area contributed by atoms with Crippen LogP contribution >= 0.6 is 11.8 Å². The van der Waals surface area contributed by atoms with Gasteiger partial charge in [-0.2, -0.15) is 0 Å². The molecule has 17 heavy (non-hydrogen) atoms. The fourth-order valence-corrected chi connectivity index (χ4v) is 2.06. The van der Waals surface area contributed by atoms with Crippen LogP contribution in [0.15, 0.2) is 30.1 Å². The van der Waals surface area contributed by atoms with Crippen LogP contribution in [0, 0.1) is 6.92 Å². The lowest BCUT2D eigenvalue weighted by atomic mass is 10.5. The number of nitrogens with zero attached hydrogens (tertiary/aromatic N) is 4. The molecule has 2 heterocycles. The van der Waals surface area contributed by atoms with E-state index < -0.39 is 5.97 Å². The smallest absolute Gasteiger partial charge is 0.313 e. The summed E-state index contributed by atoms with van der Waals surface area (Å²) < 4.78 is 1.78. The Labute approximate surface area is 102 Å². The fraction of sp³-hybridized carbons (Fsp3) is 0.200. The van der Waals surface area contributed by atoms with Crippen molar-refractivity contribution >= 4 is 17.7 Å². The van der Waals surface area contributed by atoms with Crippen LogP contribution in [-0.4, -0.2) is 36.3 Å².